The zero-order valence-corrected chi connectivity index (χ0v) is 11.2. The van der Waals surface area contributed by atoms with E-state index in [0.29, 0.717) is 6.54 Å². The van der Waals surface area contributed by atoms with E-state index in [0.717, 1.165) is 11.1 Å². The van der Waals surface area contributed by atoms with E-state index in [9.17, 15) is 8.42 Å². The lowest BCUT2D eigenvalue weighted by Crippen LogP contribution is -2.14. The van der Waals surface area contributed by atoms with Crippen LogP contribution in [0.25, 0.3) is 0 Å². The minimum atomic E-state index is -3.65. The summed E-state index contributed by atoms with van der Waals surface area (Å²) < 4.78 is 26.7. The Bertz CT molecular complexity index is 671. The molecule has 0 radical (unpaired) electrons. The molecule has 1 aromatic carbocycles. The number of aryl methyl sites for hydroxylation is 1. The van der Waals surface area contributed by atoms with Crippen LogP contribution in [-0.4, -0.2) is 18.4 Å². The molecule has 0 bridgehead atoms. The summed E-state index contributed by atoms with van der Waals surface area (Å²) >= 11 is 0. The second kappa shape index (κ2) is 5.33. The Morgan fingerprint density at radius 1 is 1.32 bits per heavy atom. The van der Waals surface area contributed by atoms with Gasteiger partial charge in [-0.3, -0.25) is 9.71 Å². The molecule has 0 spiro atoms. The van der Waals surface area contributed by atoms with Crippen molar-refractivity contribution in [3.8, 4) is 0 Å². The van der Waals surface area contributed by atoms with Crippen molar-refractivity contribution >= 4 is 15.8 Å². The molecule has 0 fully saturated rings. The third-order valence-corrected chi connectivity index (χ3v) is 4.00. The number of nitrogens with zero attached hydrogens (tertiary/aromatic N) is 2. The number of hydrogen-bond acceptors (Lipinski definition) is 5. The maximum absolute atomic E-state index is 12.1. The van der Waals surface area contributed by atoms with Crippen molar-refractivity contribution in [2.75, 3.05) is 4.72 Å². The number of anilines is 1. The van der Waals surface area contributed by atoms with E-state index in [1.54, 1.807) is 12.1 Å². The molecular formula is C12H14N4O2S. The molecule has 19 heavy (non-hydrogen) atoms. The van der Waals surface area contributed by atoms with Crippen LogP contribution in [0.2, 0.25) is 0 Å². The summed E-state index contributed by atoms with van der Waals surface area (Å²) in [6, 6.07) is 4.81. The molecule has 1 heterocycles. The van der Waals surface area contributed by atoms with E-state index < -0.39 is 10.0 Å². The van der Waals surface area contributed by atoms with Crippen LogP contribution in [0.5, 0.6) is 0 Å². The zero-order chi connectivity index (χ0) is 13.9. The number of nitrogens with two attached hydrogens (primary N) is 1. The molecule has 2 aromatic rings. The van der Waals surface area contributed by atoms with Gasteiger partial charge in [0.15, 0.2) is 5.82 Å². The number of aromatic nitrogens is 2. The third-order valence-electron chi connectivity index (χ3n) is 2.65. The summed E-state index contributed by atoms with van der Waals surface area (Å²) in [7, 11) is -3.65. The highest BCUT2D eigenvalue weighted by molar-refractivity contribution is 7.92. The molecule has 0 amide bonds. The van der Waals surface area contributed by atoms with Gasteiger partial charge in [0.25, 0.3) is 10.0 Å². The van der Waals surface area contributed by atoms with Crippen molar-refractivity contribution in [3.63, 3.8) is 0 Å². The van der Waals surface area contributed by atoms with E-state index in [1.807, 2.05) is 6.92 Å². The first kappa shape index (κ1) is 13.4. The number of benzene rings is 1. The first-order valence-corrected chi connectivity index (χ1v) is 7.09. The van der Waals surface area contributed by atoms with Crippen LogP contribution >= 0.6 is 0 Å². The number of nitrogens with one attached hydrogen (secondary N) is 1. The lowest BCUT2D eigenvalue weighted by molar-refractivity contribution is 0.601. The first-order chi connectivity index (χ1) is 9.03. The number of sulfonamides is 1. The van der Waals surface area contributed by atoms with E-state index in [-0.39, 0.29) is 10.7 Å². The average Bonchev–Trinajstić information content (AvgIpc) is 2.39. The average molecular weight is 278 g/mol. The molecule has 0 aliphatic carbocycles. The van der Waals surface area contributed by atoms with Gasteiger partial charge in [-0.15, -0.1) is 0 Å². The second-order valence-corrected chi connectivity index (χ2v) is 5.67. The van der Waals surface area contributed by atoms with Gasteiger partial charge in [-0.1, -0.05) is 6.07 Å². The van der Waals surface area contributed by atoms with Crippen LogP contribution in [0.1, 0.15) is 11.1 Å². The third kappa shape index (κ3) is 3.07. The minimum absolute atomic E-state index is 0.174. The topological polar surface area (TPSA) is 98.0 Å². The van der Waals surface area contributed by atoms with Gasteiger partial charge >= 0.3 is 0 Å². The van der Waals surface area contributed by atoms with Crippen molar-refractivity contribution in [2.45, 2.75) is 18.4 Å². The Kier molecular flexibility index (Phi) is 3.77. The molecule has 0 aliphatic heterocycles. The lowest BCUT2D eigenvalue weighted by Gasteiger charge is -2.09. The van der Waals surface area contributed by atoms with Gasteiger partial charge in [-0.2, -0.15) is 0 Å². The van der Waals surface area contributed by atoms with Gasteiger partial charge < -0.3 is 5.73 Å². The highest BCUT2D eigenvalue weighted by Crippen LogP contribution is 2.17. The standard InChI is InChI=1S/C12H14N4O2S/c1-9-6-11(3-2-10(9)7-13)19(17,18)16-12-8-14-4-5-15-12/h2-6,8H,7,13H2,1H3,(H,15,16). The van der Waals surface area contributed by atoms with Gasteiger partial charge in [0.1, 0.15) is 0 Å². The lowest BCUT2D eigenvalue weighted by atomic mass is 10.1. The van der Waals surface area contributed by atoms with Crippen LogP contribution in [0.15, 0.2) is 41.7 Å². The van der Waals surface area contributed by atoms with Crippen LogP contribution in [0.4, 0.5) is 5.82 Å². The molecule has 2 rings (SSSR count). The molecule has 0 unspecified atom stereocenters. The van der Waals surface area contributed by atoms with E-state index >= 15 is 0 Å². The second-order valence-electron chi connectivity index (χ2n) is 3.99. The monoisotopic (exact) mass is 278 g/mol. The van der Waals surface area contributed by atoms with Crippen LogP contribution < -0.4 is 10.5 Å². The largest absolute Gasteiger partial charge is 0.326 e. The SMILES string of the molecule is Cc1cc(S(=O)(=O)Nc2cnccn2)ccc1CN. The maximum Gasteiger partial charge on any atom is 0.263 e. The highest BCUT2D eigenvalue weighted by Gasteiger charge is 2.15. The summed E-state index contributed by atoms with van der Waals surface area (Å²) in [6.45, 7) is 2.20. The van der Waals surface area contributed by atoms with Crippen molar-refractivity contribution in [1.82, 2.24) is 9.97 Å². The Labute approximate surface area is 111 Å². The van der Waals surface area contributed by atoms with E-state index in [1.165, 1.54) is 24.7 Å². The number of rotatable bonds is 4. The molecule has 0 aliphatic rings. The molecule has 6 nitrogen and oxygen atoms in total. The summed E-state index contributed by atoms with van der Waals surface area (Å²) in [5.74, 6) is 0.183. The van der Waals surface area contributed by atoms with Crippen LogP contribution in [0.3, 0.4) is 0 Å². The van der Waals surface area contributed by atoms with Crippen LogP contribution in [0, 0.1) is 6.92 Å². The normalized spacial score (nSPS) is 11.3. The summed E-state index contributed by atoms with van der Waals surface area (Å²) in [6.07, 6.45) is 4.23. The zero-order valence-electron chi connectivity index (χ0n) is 10.4. The predicted molar refractivity (Wildman–Crippen MR) is 71.9 cm³/mol. The fraction of sp³-hybridized carbons (Fsp3) is 0.167. The molecule has 1 aromatic heterocycles. The molecule has 100 valence electrons. The summed E-state index contributed by atoms with van der Waals surface area (Å²) in [4.78, 5) is 7.85. The fourth-order valence-electron chi connectivity index (χ4n) is 1.61. The maximum atomic E-state index is 12.1. The van der Waals surface area contributed by atoms with E-state index in [2.05, 4.69) is 14.7 Å². The molecule has 3 N–H and O–H groups in total. The van der Waals surface area contributed by atoms with Crippen molar-refractivity contribution < 1.29 is 8.42 Å². The van der Waals surface area contributed by atoms with Gasteiger partial charge in [-0.25, -0.2) is 13.4 Å². The Morgan fingerprint density at radius 3 is 2.68 bits per heavy atom. The van der Waals surface area contributed by atoms with Crippen molar-refractivity contribution in [2.24, 2.45) is 5.73 Å². The van der Waals surface area contributed by atoms with Gasteiger partial charge in [0.2, 0.25) is 0 Å². The van der Waals surface area contributed by atoms with Gasteiger partial charge in [0.05, 0.1) is 11.1 Å². The first-order valence-electron chi connectivity index (χ1n) is 5.61. The fourth-order valence-corrected chi connectivity index (χ4v) is 2.69. The summed E-state index contributed by atoms with van der Waals surface area (Å²) in [5, 5.41) is 0. The Balaban J connectivity index is 2.32. The Hall–Kier alpha value is -1.99. The minimum Gasteiger partial charge on any atom is -0.326 e. The molecule has 0 atom stereocenters. The Morgan fingerprint density at radius 2 is 2.11 bits per heavy atom. The van der Waals surface area contributed by atoms with E-state index in [4.69, 9.17) is 5.73 Å². The molecule has 7 heteroatoms. The van der Waals surface area contributed by atoms with Gasteiger partial charge in [-0.05, 0) is 30.2 Å². The predicted octanol–water partition coefficient (Wildman–Crippen LogP) is 1.04. The highest BCUT2D eigenvalue weighted by atomic mass is 32.2. The molecule has 0 saturated carbocycles. The summed E-state index contributed by atoms with van der Waals surface area (Å²) in [5.41, 5.74) is 7.30. The smallest absolute Gasteiger partial charge is 0.263 e. The van der Waals surface area contributed by atoms with Crippen LogP contribution in [-0.2, 0) is 16.6 Å². The van der Waals surface area contributed by atoms with Crippen molar-refractivity contribution in [3.05, 3.63) is 47.9 Å². The molecule has 0 saturated heterocycles. The quantitative estimate of drug-likeness (QED) is 0.871. The van der Waals surface area contributed by atoms with Crippen molar-refractivity contribution in [1.29, 1.82) is 0 Å². The number of hydrogen-bond donors (Lipinski definition) is 2. The molecular weight excluding hydrogens is 264 g/mol. The van der Waals surface area contributed by atoms with Gasteiger partial charge in [0, 0.05) is 18.9 Å².